The number of aromatic nitrogens is 1. The van der Waals surface area contributed by atoms with Gasteiger partial charge in [0.05, 0.1) is 13.7 Å². The molecule has 30 heavy (non-hydrogen) atoms. The molecule has 1 aromatic carbocycles. The first-order chi connectivity index (χ1) is 14.6. The number of nitrogens with zero attached hydrogens (tertiary/aromatic N) is 2. The smallest absolute Gasteiger partial charge is 0.260 e. The number of nitrogens with one attached hydrogen (secondary N) is 1. The Labute approximate surface area is 176 Å². The molecule has 160 valence electrons. The molecule has 2 amide bonds. The second-order valence-electron chi connectivity index (χ2n) is 6.84. The van der Waals surface area contributed by atoms with Gasteiger partial charge in [0.25, 0.3) is 5.91 Å². The molecule has 0 aliphatic heterocycles. The summed E-state index contributed by atoms with van der Waals surface area (Å²) in [5.41, 5.74) is 0. The van der Waals surface area contributed by atoms with Gasteiger partial charge in [0.2, 0.25) is 5.91 Å². The van der Waals surface area contributed by atoms with Crippen molar-refractivity contribution in [2.45, 2.75) is 32.2 Å². The van der Waals surface area contributed by atoms with Crippen LogP contribution in [-0.4, -0.2) is 54.6 Å². The van der Waals surface area contributed by atoms with Crippen LogP contribution >= 0.6 is 0 Å². The van der Waals surface area contributed by atoms with Crippen molar-refractivity contribution in [1.82, 2.24) is 9.88 Å². The highest BCUT2D eigenvalue weighted by molar-refractivity contribution is 5.91. The molecule has 3 rings (SSSR count). The number of carbonyl (C=O) groups excluding carboxylic acids is 2. The van der Waals surface area contributed by atoms with Crippen molar-refractivity contribution in [3.63, 3.8) is 0 Å². The maximum absolute atomic E-state index is 12.7. The third-order valence-corrected chi connectivity index (χ3v) is 4.64. The number of amides is 2. The molecular weight excluding hydrogens is 386 g/mol. The van der Waals surface area contributed by atoms with Gasteiger partial charge in [-0.2, -0.15) is 0 Å². The molecule has 8 heteroatoms. The van der Waals surface area contributed by atoms with Gasteiger partial charge in [0.1, 0.15) is 0 Å². The Morgan fingerprint density at radius 3 is 2.53 bits per heavy atom. The molecule has 0 atom stereocenters. The highest BCUT2D eigenvalue weighted by Crippen LogP contribution is 2.29. The van der Waals surface area contributed by atoms with Crippen molar-refractivity contribution in [3.8, 4) is 17.2 Å². The number of ether oxygens (including phenoxy) is 3. The summed E-state index contributed by atoms with van der Waals surface area (Å²) in [4.78, 5) is 31.0. The minimum atomic E-state index is -0.223. The van der Waals surface area contributed by atoms with Crippen LogP contribution in [0.2, 0.25) is 0 Å². The Kier molecular flexibility index (Phi) is 7.48. The van der Waals surface area contributed by atoms with Crippen molar-refractivity contribution in [1.29, 1.82) is 0 Å². The first kappa shape index (κ1) is 21.4. The van der Waals surface area contributed by atoms with E-state index in [1.54, 1.807) is 42.5 Å². The van der Waals surface area contributed by atoms with Gasteiger partial charge in [-0.3, -0.25) is 9.59 Å². The van der Waals surface area contributed by atoms with Gasteiger partial charge in [0.15, 0.2) is 29.7 Å². The van der Waals surface area contributed by atoms with Crippen LogP contribution in [0.25, 0.3) is 0 Å². The largest absolute Gasteiger partial charge is 0.493 e. The van der Waals surface area contributed by atoms with Crippen LogP contribution < -0.4 is 19.5 Å². The minimum Gasteiger partial charge on any atom is -0.493 e. The Morgan fingerprint density at radius 1 is 1.10 bits per heavy atom. The zero-order chi connectivity index (χ0) is 21.3. The van der Waals surface area contributed by atoms with E-state index in [1.165, 1.54) is 0 Å². The SMILES string of the molecule is CCOc1cccnc1NC(=O)CCN(C(=O)COc1ccccc1OC)C1CC1. The number of carbonyl (C=O) groups is 2. The Hall–Kier alpha value is -3.29. The maximum atomic E-state index is 12.7. The van der Waals surface area contributed by atoms with Crippen molar-refractivity contribution in [2.75, 3.05) is 32.2 Å². The predicted octanol–water partition coefficient (Wildman–Crippen LogP) is 2.89. The first-order valence-electron chi connectivity index (χ1n) is 10.0. The number of hydrogen-bond donors (Lipinski definition) is 1. The lowest BCUT2D eigenvalue weighted by Crippen LogP contribution is -2.38. The number of anilines is 1. The van der Waals surface area contributed by atoms with Crippen LogP contribution in [0.5, 0.6) is 17.2 Å². The summed E-state index contributed by atoms with van der Waals surface area (Å²) < 4.78 is 16.4. The average Bonchev–Trinajstić information content (AvgIpc) is 3.59. The lowest BCUT2D eigenvalue weighted by molar-refractivity contribution is -0.134. The summed E-state index contributed by atoms with van der Waals surface area (Å²) >= 11 is 0. The molecule has 0 bridgehead atoms. The van der Waals surface area contributed by atoms with E-state index in [1.807, 2.05) is 19.1 Å². The van der Waals surface area contributed by atoms with E-state index in [9.17, 15) is 9.59 Å². The van der Waals surface area contributed by atoms with Gasteiger partial charge in [-0.15, -0.1) is 0 Å². The second-order valence-corrected chi connectivity index (χ2v) is 6.84. The van der Waals surface area contributed by atoms with Gasteiger partial charge in [-0.1, -0.05) is 12.1 Å². The summed E-state index contributed by atoms with van der Waals surface area (Å²) in [5.74, 6) is 1.62. The summed E-state index contributed by atoms with van der Waals surface area (Å²) in [7, 11) is 1.55. The first-order valence-corrected chi connectivity index (χ1v) is 10.0. The highest BCUT2D eigenvalue weighted by Gasteiger charge is 2.33. The van der Waals surface area contributed by atoms with E-state index in [-0.39, 0.29) is 30.9 Å². The molecule has 1 aliphatic carbocycles. The van der Waals surface area contributed by atoms with E-state index in [2.05, 4.69) is 10.3 Å². The van der Waals surface area contributed by atoms with Crippen LogP contribution in [0.4, 0.5) is 5.82 Å². The fraction of sp³-hybridized carbons (Fsp3) is 0.409. The zero-order valence-corrected chi connectivity index (χ0v) is 17.3. The predicted molar refractivity (Wildman–Crippen MR) is 112 cm³/mol. The fourth-order valence-corrected chi connectivity index (χ4v) is 3.03. The molecule has 0 unspecified atom stereocenters. The van der Waals surface area contributed by atoms with Crippen LogP contribution in [0.1, 0.15) is 26.2 Å². The van der Waals surface area contributed by atoms with Crippen molar-refractivity contribution >= 4 is 17.6 Å². The van der Waals surface area contributed by atoms with Crippen LogP contribution in [-0.2, 0) is 9.59 Å². The lowest BCUT2D eigenvalue weighted by Gasteiger charge is -2.22. The highest BCUT2D eigenvalue weighted by atomic mass is 16.5. The van der Waals surface area contributed by atoms with Crippen molar-refractivity contribution in [2.24, 2.45) is 0 Å². The molecule has 1 aromatic heterocycles. The van der Waals surface area contributed by atoms with Crippen molar-refractivity contribution < 1.29 is 23.8 Å². The van der Waals surface area contributed by atoms with E-state index in [0.29, 0.717) is 36.2 Å². The van der Waals surface area contributed by atoms with Crippen molar-refractivity contribution in [3.05, 3.63) is 42.6 Å². The van der Waals surface area contributed by atoms with E-state index in [0.717, 1.165) is 12.8 Å². The number of benzene rings is 1. The Balaban J connectivity index is 1.53. The number of rotatable bonds is 11. The molecular formula is C22H27N3O5. The summed E-state index contributed by atoms with van der Waals surface area (Å²) in [6.07, 6.45) is 3.64. The zero-order valence-electron chi connectivity index (χ0n) is 17.3. The Morgan fingerprint density at radius 2 is 1.83 bits per heavy atom. The van der Waals surface area contributed by atoms with Gasteiger partial charge in [-0.05, 0) is 44.0 Å². The molecule has 1 saturated carbocycles. The van der Waals surface area contributed by atoms with E-state index < -0.39 is 0 Å². The number of pyridine rings is 1. The van der Waals surface area contributed by atoms with E-state index in [4.69, 9.17) is 14.2 Å². The number of para-hydroxylation sites is 2. The molecule has 1 aliphatic rings. The normalized spacial score (nSPS) is 12.7. The fourth-order valence-electron chi connectivity index (χ4n) is 3.03. The summed E-state index contributed by atoms with van der Waals surface area (Å²) in [6.45, 7) is 2.56. The monoisotopic (exact) mass is 413 g/mol. The summed E-state index contributed by atoms with van der Waals surface area (Å²) in [5, 5.41) is 2.76. The van der Waals surface area contributed by atoms with Crippen LogP contribution in [0.3, 0.4) is 0 Å². The molecule has 0 radical (unpaired) electrons. The third-order valence-electron chi connectivity index (χ3n) is 4.64. The molecule has 0 spiro atoms. The quantitative estimate of drug-likeness (QED) is 0.609. The van der Waals surface area contributed by atoms with Gasteiger partial charge in [0, 0.05) is 25.2 Å². The van der Waals surface area contributed by atoms with Crippen LogP contribution in [0.15, 0.2) is 42.6 Å². The van der Waals surface area contributed by atoms with Gasteiger partial charge in [-0.25, -0.2) is 4.98 Å². The third kappa shape index (κ3) is 5.85. The molecule has 0 saturated heterocycles. The number of hydrogen-bond acceptors (Lipinski definition) is 6. The molecule has 1 fully saturated rings. The Bertz CT molecular complexity index is 869. The molecule has 1 N–H and O–H groups in total. The topological polar surface area (TPSA) is 90.0 Å². The summed E-state index contributed by atoms with van der Waals surface area (Å²) in [6, 6.07) is 10.8. The average molecular weight is 413 g/mol. The van der Waals surface area contributed by atoms with Gasteiger partial charge < -0.3 is 24.4 Å². The number of methoxy groups -OCH3 is 1. The standard InChI is InChI=1S/C22H27N3O5/c1-3-29-19-9-6-13-23-22(19)24-20(26)12-14-25(16-10-11-16)21(27)15-30-18-8-5-4-7-17(18)28-2/h4-9,13,16H,3,10-12,14-15H2,1-2H3,(H,23,24,26). The van der Waals surface area contributed by atoms with Crippen LogP contribution in [0, 0.1) is 0 Å². The van der Waals surface area contributed by atoms with E-state index >= 15 is 0 Å². The molecule has 2 aromatic rings. The lowest BCUT2D eigenvalue weighted by atomic mass is 10.3. The maximum Gasteiger partial charge on any atom is 0.260 e. The van der Waals surface area contributed by atoms with Gasteiger partial charge >= 0.3 is 0 Å². The minimum absolute atomic E-state index is 0.104. The second kappa shape index (κ2) is 10.5. The molecule has 8 nitrogen and oxygen atoms in total. The molecule has 1 heterocycles.